The highest BCUT2D eigenvalue weighted by Crippen LogP contribution is 2.01. The van der Waals surface area contributed by atoms with E-state index >= 15 is 0 Å². The molecule has 0 fully saturated rings. The molecule has 0 aliphatic carbocycles. The highest BCUT2D eigenvalue weighted by Gasteiger charge is 2.08. The second-order valence-electron chi connectivity index (χ2n) is 3.33. The molecule has 0 N–H and O–H groups in total. The molecule has 0 amide bonds. The number of rotatable bonds is 6. The number of aryl methyl sites for hydroxylation is 1. The van der Waals surface area contributed by atoms with E-state index in [1.807, 2.05) is 30.3 Å². The van der Waals surface area contributed by atoms with Gasteiger partial charge in [0.15, 0.2) is 0 Å². The summed E-state index contributed by atoms with van der Waals surface area (Å²) < 4.78 is 16.2. The molecular formula is C12H16O3S. The van der Waals surface area contributed by atoms with E-state index in [9.17, 15) is 9.00 Å². The third kappa shape index (κ3) is 5.07. The van der Waals surface area contributed by atoms with Gasteiger partial charge in [-0.2, -0.15) is 0 Å². The summed E-state index contributed by atoms with van der Waals surface area (Å²) in [6.45, 7) is 2.08. The van der Waals surface area contributed by atoms with Crippen molar-refractivity contribution < 1.29 is 13.7 Å². The van der Waals surface area contributed by atoms with Crippen LogP contribution in [-0.2, 0) is 26.8 Å². The Hall–Kier alpha value is -1.16. The van der Waals surface area contributed by atoms with Gasteiger partial charge in [0.05, 0.1) is 6.61 Å². The monoisotopic (exact) mass is 240 g/mol. The van der Waals surface area contributed by atoms with Crippen molar-refractivity contribution in [3.63, 3.8) is 0 Å². The number of hydrogen-bond acceptors (Lipinski definition) is 3. The van der Waals surface area contributed by atoms with Crippen LogP contribution in [0.5, 0.6) is 0 Å². The lowest BCUT2D eigenvalue weighted by atomic mass is 10.2. The smallest absolute Gasteiger partial charge is 0.318 e. The molecule has 1 aromatic rings. The van der Waals surface area contributed by atoms with E-state index in [0.717, 1.165) is 12.0 Å². The fraction of sp³-hybridized carbons (Fsp3) is 0.417. The predicted molar refractivity (Wildman–Crippen MR) is 64.7 cm³/mol. The summed E-state index contributed by atoms with van der Waals surface area (Å²) in [5.74, 6) is 0.123. The number of carbonyl (C=O) groups is 1. The zero-order valence-corrected chi connectivity index (χ0v) is 10.2. The first kappa shape index (κ1) is 12.9. The summed E-state index contributed by atoms with van der Waals surface area (Å²) in [6.07, 6.45) is 0.729. The van der Waals surface area contributed by atoms with E-state index in [0.29, 0.717) is 12.4 Å². The molecule has 1 aromatic carbocycles. The van der Waals surface area contributed by atoms with Crippen molar-refractivity contribution >= 4 is 16.8 Å². The number of carbonyl (C=O) groups excluding carboxylic acids is 1. The summed E-state index contributed by atoms with van der Waals surface area (Å²) in [5, 5.41) is 0. The average Bonchev–Trinajstić information content (AvgIpc) is 2.28. The fourth-order valence-electron chi connectivity index (χ4n) is 1.28. The van der Waals surface area contributed by atoms with Gasteiger partial charge in [-0.1, -0.05) is 30.3 Å². The first-order valence-electron chi connectivity index (χ1n) is 5.27. The second kappa shape index (κ2) is 7.17. The fourth-order valence-corrected chi connectivity index (χ4v) is 2.24. The van der Waals surface area contributed by atoms with E-state index < -0.39 is 10.8 Å². The van der Waals surface area contributed by atoms with Crippen molar-refractivity contribution in [3.05, 3.63) is 35.9 Å². The zero-order chi connectivity index (χ0) is 11.8. The van der Waals surface area contributed by atoms with Crippen LogP contribution in [0.4, 0.5) is 0 Å². The first-order chi connectivity index (χ1) is 7.72. The Morgan fingerprint density at radius 3 is 2.62 bits per heavy atom. The minimum atomic E-state index is -1.13. The molecule has 0 heterocycles. The van der Waals surface area contributed by atoms with Crippen LogP contribution in [0.15, 0.2) is 30.3 Å². The Morgan fingerprint density at radius 2 is 2.00 bits per heavy atom. The normalized spacial score (nSPS) is 12.1. The maximum atomic E-state index is 11.5. The van der Waals surface area contributed by atoms with Gasteiger partial charge in [0.1, 0.15) is 5.75 Å². The third-order valence-corrected chi connectivity index (χ3v) is 3.26. The molecule has 4 heteroatoms. The molecule has 0 radical (unpaired) electrons. The summed E-state index contributed by atoms with van der Waals surface area (Å²) in [5.41, 5.74) is 1.14. The second-order valence-corrected chi connectivity index (χ2v) is 4.91. The standard InChI is InChI=1S/C12H16O3S/c1-2-15-12(13)10-16(14)9-8-11-6-4-3-5-7-11/h3-7H,2,8-10H2,1H3. The topological polar surface area (TPSA) is 43.4 Å². The summed E-state index contributed by atoms with van der Waals surface area (Å²) in [6, 6.07) is 9.81. The largest absolute Gasteiger partial charge is 0.465 e. The first-order valence-corrected chi connectivity index (χ1v) is 6.75. The van der Waals surface area contributed by atoms with Gasteiger partial charge in [0, 0.05) is 16.6 Å². The Kier molecular flexibility index (Phi) is 5.78. The van der Waals surface area contributed by atoms with Crippen LogP contribution >= 0.6 is 0 Å². The van der Waals surface area contributed by atoms with E-state index in [4.69, 9.17) is 4.74 Å². The summed E-state index contributed by atoms with van der Waals surface area (Å²) in [7, 11) is -1.13. The van der Waals surface area contributed by atoms with Crippen LogP contribution in [0.1, 0.15) is 12.5 Å². The quantitative estimate of drug-likeness (QED) is 0.708. The van der Waals surface area contributed by atoms with Gasteiger partial charge >= 0.3 is 5.97 Å². The zero-order valence-electron chi connectivity index (χ0n) is 9.35. The molecule has 0 bridgehead atoms. The van der Waals surface area contributed by atoms with Crippen LogP contribution in [-0.4, -0.2) is 28.3 Å². The molecule has 1 unspecified atom stereocenters. The predicted octanol–water partition coefficient (Wildman–Crippen LogP) is 1.54. The van der Waals surface area contributed by atoms with Crippen molar-refractivity contribution in [2.75, 3.05) is 18.1 Å². The molecule has 0 saturated heterocycles. The Balaban J connectivity index is 2.28. The van der Waals surface area contributed by atoms with E-state index in [2.05, 4.69) is 0 Å². The number of ether oxygens (including phenoxy) is 1. The van der Waals surface area contributed by atoms with Crippen LogP contribution in [0.25, 0.3) is 0 Å². The van der Waals surface area contributed by atoms with Gasteiger partial charge in [-0.05, 0) is 18.9 Å². The third-order valence-electron chi connectivity index (χ3n) is 2.05. The number of hydrogen-bond donors (Lipinski definition) is 0. The minimum Gasteiger partial charge on any atom is -0.465 e. The lowest BCUT2D eigenvalue weighted by molar-refractivity contribution is -0.139. The molecule has 1 rings (SSSR count). The molecule has 0 aromatic heterocycles. The molecule has 0 aliphatic rings. The van der Waals surface area contributed by atoms with Crippen LogP contribution in [0.2, 0.25) is 0 Å². The van der Waals surface area contributed by atoms with E-state index in [1.54, 1.807) is 6.92 Å². The van der Waals surface area contributed by atoms with Gasteiger partial charge < -0.3 is 4.74 Å². The van der Waals surface area contributed by atoms with Gasteiger partial charge in [-0.3, -0.25) is 9.00 Å². The Morgan fingerprint density at radius 1 is 1.31 bits per heavy atom. The highest BCUT2D eigenvalue weighted by molar-refractivity contribution is 7.85. The molecule has 0 aliphatic heterocycles. The van der Waals surface area contributed by atoms with Crippen LogP contribution in [0, 0.1) is 0 Å². The molecule has 88 valence electrons. The van der Waals surface area contributed by atoms with Crippen molar-refractivity contribution in [3.8, 4) is 0 Å². The van der Waals surface area contributed by atoms with Gasteiger partial charge in [0.2, 0.25) is 0 Å². The Labute approximate surface area is 98.3 Å². The van der Waals surface area contributed by atoms with Crippen molar-refractivity contribution in [2.24, 2.45) is 0 Å². The number of esters is 1. The molecule has 0 spiro atoms. The van der Waals surface area contributed by atoms with Gasteiger partial charge in [0.25, 0.3) is 0 Å². The highest BCUT2D eigenvalue weighted by atomic mass is 32.2. The SMILES string of the molecule is CCOC(=O)CS(=O)CCc1ccccc1. The van der Waals surface area contributed by atoms with Crippen molar-refractivity contribution in [1.29, 1.82) is 0 Å². The minimum absolute atomic E-state index is 0.000668. The lowest BCUT2D eigenvalue weighted by Gasteiger charge is -2.02. The average molecular weight is 240 g/mol. The summed E-state index contributed by atoms with van der Waals surface area (Å²) >= 11 is 0. The molecular weight excluding hydrogens is 224 g/mol. The van der Waals surface area contributed by atoms with Crippen molar-refractivity contribution in [2.45, 2.75) is 13.3 Å². The van der Waals surface area contributed by atoms with E-state index in [-0.39, 0.29) is 11.7 Å². The number of benzene rings is 1. The lowest BCUT2D eigenvalue weighted by Crippen LogP contribution is -2.16. The molecule has 0 saturated carbocycles. The van der Waals surface area contributed by atoms with Crippen molar-refractivity contribution in [1.82, 2.24) is 0 Å². The maximum Gasteiger partial charge on any atom is 0.318 e. The Bertz CT molecular complexity index is 349. The summed E-state index contributed by atoms with van der Waals surface area (Å²) in [4.78, 5) is 11.0. The van der Waals surface area contributed by atoms with Crippen LogP contribution < -0.4 is 0 Å². The van der Waals surface area contributed by atoms with Crippen LogP contribution in [0.3, 0.4) is 0 Å². The van der Waals surface area contributed by atoms with Gasteiger partial charge in [-0.25, -0.2) is 0 Å². The maximum absolute atomic E-state index is 11.5. The molecule has 1 atom stereocenters. The van der Waals surface area contributed by atoms with Gasteiger partial charge in [-0.15, -0.1) is 0 Å². The molecule has 16 heavy (non-hydrogen) atoms. The molecule has 3 nitrogen and oxygen atoms in total. The van der Waals surface area contributed by atoms with E-state index in [1.165, 1.54) is 0 Å².